The number of hydrogen-bond acceptors (Lipinski definition) is 7. The minimum Gasteiger partial charge on any atom is -0.476 e. The number of aromatic nitrogens is 1. The molecule has 0 saturated heterocycles. The molecule has 10 heteroatoms. The molecule has 0 radical (unpaired) electrons. The van der Waals surface area contributed by atoms with Gasteiger partial charge in [-0.15, -0.1) is 10.2 Å². The molecule has 5 rings (SSSR count). The van der Waals surface area contributed by atoms with Crippen molar-refractivity contribution in [1.29, 1.82) is 0 Å². The van der Waals surface area contributed by atoms with Crippen LogP contribution in [0.2, 0.25) is 0 Å². The number of rotatable bonds is 6. The molecule has 192 valence electrons. The molecule has 4 aromatic carbocycles. The van der Waals surface area contributed by atoms with E-state index in [0.29, 0.717) is 0 Å². The van der Waals surface area contributed by atoms with Gasteiger partial charge in [-0.2, -0.15) is 0 Å². The first-order valence-corrected chi connectivity index (χ1v) is 15.0. The Morgan fingerprint density at radius 2 is 1.00 bits per heavy atom. The van der Waals surface area contributed by atoms with Crippen molar-refractivity contribution in [2.45, 2.75) is 0 Å². The van der Waals surface area contributed by atoms with E-state index < -0.39 is 23.5 Å². The van der Waals surface area contributed by atoms with Crippen molar-refractivity contribution in [2.75, 3.05) is 0 Å². The Hall–Kier alpha value is -3.46. The van der Waals surface area contributed by atoms with Crippen molar-refractivity contribution >= 4 is 45.1 Å². The van der Waals surface area contributed by atoms with Crippen LogP contribution in [0, 0.1) is 10.2 Å². The molecule has 0 spiro atoms. The molecule has 1 N–H and O–H groups in total. The minimum absolute atomic E-state index is 0.128. The highest BCUT2D eigenvalue weighted by Gasteiger charge is 2.52. The van der Waals surface area contributed by atoms with E-state index in [2.05, 4.69) is 41.4 Å². The zero-order chi connectivity index (χ0) is 27.2. The third-order valence-electron chi connectivity index (χ3n) is 5.57. The fraction of sp³-hybridized carbons (Fsp3) is 0. The Kier molecular flexibility index (Phi) is 8.66. The second-order valence-electron chi connectivity index (χ2n) is 7.90. The largest absolute Gasteiger partial charge is 0.476 e. The second-order valence-corrected chi connectivity index (χ2v) is 13.3. The molecular weight excluding hydrogens is 545 g/mol. The standard InChI is InChI=1S/C28H20NO2PS.ClHO4/c30-27(31)25-28(33-26(29-25)21-13-5-1-6-14-21)32(22-15-7-2-8-16-22,23-17-9-3-10-18-23)24-19-11-4-12-20-24;2-1(3,4)5/h1-20H;(H,2,3,4,5). The first-order valence-electron chi connectivity index (χ1n) is 11.2. The van der Waals surface area contributed by atoms with E-state index in [1.165, 1.54) is 11.3 Å². The number of aromatic carboxylic acids is 1. The average molecular weight is 566 g/mol. The fourth-order valence-electron chi connectivity index (χ4n) is 4.14. The highest BCUT2D eigenvalue weighted by molar-refractivity contribution is 8.04. The van der Waals surface area contributed by atoms with Crippen molar-refractivity contribution in [3.8, 4) is 10.6 Å². The predicted octanol–water partition coefficient (Wildman–Crippen LogP) is 0.372. The zero-order valence-electron chi connectivity index (χ0n) is 19.7. The Balaban J connectivity index is 0.000000617. The van der Waals surface area contributed by atoms with E-state index in [1.807, 2.05) is 84.9 Å². The maximum atomic E-state index is 12.6. The predicted molar refractivity (Wildman–Crippen MR) is 139 cm³/mol. The maximum absolute atomic E-state index is 12.6. The third-order valence-corrected chi connectivity index (χ3v) is 11.6. The van der Waals surface area contributed by atoms with Crippen LogP contribution in [-0.2, 0) is 0 Å². The van der Waals surface area contributed by atoms with Gasteiger partial charge in [-0.3, -0.25) is 0 Å². The summed E-state index contributed by atoms with van der Waals surface area (Å²) in [6, 6.07) is 40.6. The van der Waals surface area contributed by atoms with Gasteiger partial charge < -0.3 is 5.11 Å². The lowest BCUT2D eigenvalue weighted by molar-refractivity contribution is -2.00. The molecule has 1 aromatic heterocycles. The summed E-state index contributed by atoms with van der Waals surface area (Å²) in [5, 5.41) is 14.3. The summed E-state index contributed by atoms with van der Waals surface area (Å²) in [4.78, 5) is 17.2. The van der Waals surface area contributed by atoms with Gasteiger partial charge in [0.05, 0.1) is 0 Å². The summed E-state index contributed by atoms with van der Waals surface area (Å²) in [5.74, 6) is -1.00. The Morgan fingerprint density at radius 1 is 0.658 bits per heavy atom. The monoisotopic (exact) mass is 565 g/mol. The number of thiazole rings is 1. The molecule has 0 bridgehead atoms. The van der Waals surface area contributed by atoms with Gasteiger partial charge in [0.25, 0.3) is 0 Å². The van der Waals surface area contributed by atoms with E-state index in [-0.39, 0.29) is 5.69 Å². The topological polar surface area (TPSA) is 142 Å². The number of carbonyl (C=O) groups is 1. The number of carboxylic acids is 1. The first kappa shape index (κ1) is 27.6. The summed E-state index contributed by atoms with van der Waals surface area (Å²) in [6.07, 6.45) is 0. The van der Waals surface area contributed by atoms with Crippen LogP contribution in [0.3, 0.4) is 0 Å². The summed E-state index contributed by atoms with van der Waals surface area (Å²) in [5.41, 5.74) is 1.05. The van der Waals surface area contributed by atoms with E-state index in [1.54, 1.807) is 0 Å². The van der Waals surface area contributed by atoms with Crippen LogP contribution in [-0.4, -0.2) is 16.1 Å². The SMILES string of the molecule is O=C(O)c1nc(-c2ccccc2)sc1[P+](c1ccccc1)(c1ccccc1)c1ccccc1.[O-][Cl+3]([O-])([O-])[O-]. The minimum atomic E-state index is -4.94. The molecule has 0 amide bonds. The van der Waals surface area contributed by atoms with Gasteiger partial charge in [-0.25, -0.2) is 28.4 Å². The van der Waals surface area contributed by atoms with Gasteiger partial charge in [0.15, 0.2) is 11.9 Å². The van der Waals surface area contributed by atoms with Gasteiger partial charge in [0.1, 0.15) is 20.9 Å². The van der Waals surface area contributed by atoms with E-state index in [4.69, 9.17) is 18.6 Å². The number of nitrogens with zero attached hydrogens (tertiary/aromatic N) is 1. The van der Waals surface area contributed by atoms with E-state index >= 15 is 0 Å². The molecule has 0 fully saturated rings. The average Bonchev–Trinajstić information content (AvgIpc) is 3.37. The maximum Gasteiger partial charge on any atom is 0.359 e. The summed E-state index contributed by atoms with van der Waals surface area (Å²) in [6.45, 7) is 0. The first-order chi connectivity index (χ1) is 18.2. The van der Waals surface area contributed by atoms with Crippen LogP contribution in [0.5, 0.6) is 0 Å². The lowest BCUT2D eigenvalue weighted by Gasteiger charge is -2.26. The second kappa shape index (κ2) is 11.9. The van der Waals surface area contributed by atoms with Crippen LogP contribution in [0.1, 0.15) is 10.5 Å². The van der Waals surface area contributed by atoms with Crippen LogP contribution < -0.4 is 39.2 Å². The van der Waals surface area contributed by atoms with Crippen molar-refractivity contribution in [3.05, 3.63) is 127 Å². The van der Waals surface area contributed by atoms with Crippen molar-refractivity contribution < 1.29 is 38.8 Å². The van der Waals surface area contributed by atoms with Crippen LogP contribution in [0.15, 0.2) is 121 Å². The van der Waals surface area contributed by atoms with Crippen LogP contribution in [0.4, 0.5) is 0 Å². The number of hydrogen-bond donors (Lipinski definition) is 1. The van der Waals surface area contributed by atoms with Gasteiger partial charge in [-0.05, 0) is 36.4 Å². The summed E-state index contributed by atoms with van der Waals surface area (Å²) >= 11 is 1.49. The molecule has 7 nitrogen and oxygen atoms in total. The van der Waals surface area contributed by atoms with Crippen molar-refractivity contribution in [1.82, 2.24) is 4.98 Å². The Labute approximate surface area is 226 Å². The van der Waals surface area contributed by atoms with Gasteiger partial charge in [0, 0.05) is 5.56 Å². The fourth-order valence-corrected chi connectivity index (χ4v) is 10.6. The van der Waals surface area contributed by atoms with Gasteiger partial charge in [-0.1, -0.05) is 96.3 Å². The molecule has 1 heterocycles. The van der Waals surface area contributed by atoms with Crippen molar-refractivity contribution in [3.63, 3.8) is 0 Å². The normalized spacial score (nSPS) is 11.4. The lowest BCUT2D eigenvalue weighted by Crippen LogP contribution is -2.68. The molecule has 0 aliphatic rings. The number of benzene rings is 4. The molecule has 0 unspecified atom stereocenters. The van der Waals surface area contributed by atoms with Crippen LogP contribution in [0.25, 0.3) is 10.6 Å². The number of halogens is 1. The molecule has 0 atom stereocenters. The van der Waals surface area contributed by atoms with E-state index in [0.717, 1.165) is 31.1 Å². The molecule has 0 aliphatic heterocycles. The summed E-state index contributed by atoms with van der Waals surface area (Å²) in [7, 11) is -7.47. The van der Waals surface area contributed by atoms with Crippen LogP contribution >= 0.6 is 18.6 Å². The highest BCUT2D eigenvalue weighted by Crippen LogP contribution is 2.56. The zero-order valence-corrected chi connectivity index (χ0v) is 22.2. The Bertz CT molecular complexity index is 1380. The Morgan fingerprint density at radius 3 is 1.34 bits per heavy atom. The third kappa shape index (κ3) is 6.15. The number of carboxylic acid groups (broad SMARTS) is 1. The van der Waals surface area contributed by atoms with Gasteiger partial charge >= 0.3 is 5.97 Å². The molecule has 5 aromatic rings. The quantitative estimate of drug-likeness (QED) is 0.293. The smallest absolute Gasteiger partial charge is 0.359 e. The van der Waals surface area contributed by atoms with Crippen molar-refractivity contribution in [2.24, 2.45) is 0 Å². The highest BCUT2D eigenvalue weighted by atomic mass is 35.7. The van der Waals surface area contributed by atoms with Gasteiger partial charge in [0.2, 0.25) is 5.69 Å². The summed E-state index contributed by atoms with van der Waals surface area (Å²) < 4.78 is 34.8. The molecular formula is C28H21ClNO6PS. The lowest BCUT2D eigenvalue weighted by atomic mass is 10.2. The molecule has 0 saturated carbocycles. The van der Waals surface area contributed by atoms with E-state index in [9.17, 15) is 9.90 Å². The molecule has 0 aliphatic carbocycles. The molecule has 38 heavy (non-hydrogen) atoms.